The molecule has 2 aliphatic rings. The Kier molecular flexibility index (Phi) is 2.38. The molecule has 0 spiro atoms. The molecule has 0 N–H and O–H groups in total. The van der Waals surface area contributed by atoms with E-state index in [0.29, 0.717) is 6.61 Å². The molecule has 2 radical (unpaired) electrons. The van der Waals surface area contributed by atoms with Crippen LogP contribution in [-0.2, 0) is 18.9 Å². The zero-order chi connectivity index (χ0) is 10.4. The summed E-state index contributed by atoms with van der Waals surface area (Å²) in [5.41, 5.74) is -0.798. The van der Waals surface area contributed by atoms with E-state index in [9.17, 15) is 0 Å². The van der Waals surface area contributed by atoms with Crippen molar-refractivity contribution in [2.45, 2.75) is 29.7 Å². The largest absolute Gasteiger partial charge is 0.382 e. The molecular formula is C9H15BO4. The predicted octanol–water partition coefficient (Wildman–Crippen LogP) is -0.300. The lowest BCUT2D eigenvalue weighted by molar-refractivity contribution is -0.0508. The molecule has 2 rings (SSSR count). The highest BCUT2D eigenvalue weighted by atomic mass is 16.6. The van der Waals surface area contributed by atoms with Crippen LogP contribution in [0, 0.1) is 0 Å². The topological polar surface area (TPSA) is 36.9 Å². The van der Waals surface area contributed by atoms with Crippen molar-refractivity contribution >= 4 is 7.85 Å². The predicted molar refractivity (Wildman–Crippen MR) is 50.4 cm³/mol. The normalized spacial score (nSPS) is 50.5. The number of hydrogen-bond donors (Lipinski definition) is 0. The van der Waals surface area contributed by atoms with Gasteiger partial charge in [0, 0.05) is 33.8 Å². The zero-order valence-electron chi connectivity index (χ0n) is 8.78. The van der Waals surface area contributed by atoms with E-state index < -0.39 is 17.2 Å². The summed E-state index contributed by atoms with van der Waals surface area (Å²) in [5.74, 6) is 0. The van der Waals surface area contributed by atoms with E-state index in [1.165, 1.54) is 0 Å². The molecule has 0 amide bonds. The van der Waals surface area contributed by atoms with Gasteiger partial charge in [-0.15, -0.1) is 0 Å². The number of hydrogen-bond acceptors (Lipinski definition) is 4. The van der Waals surface area contributed by atoms with E-state index in [1.807, 2.05) is 0 Å². The summed E-state index contributed by atoms with van der Waals surface area (Å²) in [5, 5.41) is 0. The molecule has 1 saturated carbocycles. The molecule has 4 nitrogen and oxygen atoms in total. The van der Waals surface area contributed by atoms with Gasteiger partial charge in [0.1, 0.15) is 25.2 Å². The molecule has 78 valence electrons. The minimum absolute atomic E-state index is 0.206. The maximum Gasteiger partial charge on any atom is 0.130 e. The van der Waals surface area contributed by atoms with Gasteiger partial charge in [0.05, 0.1) is 6.61 Å². The van der Waals surface area contributed by atoms with Crippen LogP contribution in [0.2, 0.25) is 0 Å². The molecule has 0 bridgehead atoms. The van der Waals surface area contributed by atoms with Crippen LogP contribution in [0.3, 0.4) is 0 Å². The van der Waals surface area contributed by atoms with Crippen molar-refractivity contribution < 1.29 is 18.9 Å². The Morgan fingerprint density at radius 1 is 1.43 bits per heavy atom. The Bertz CT molecular complexity index is 237. The minimum atomic E-state index is -0.427. The van der Waals surface area contributed by atoms with Gasteiger partial charge in [-0.3, -0.25) is 0 Å². The van der Waals surface area contributed by atoms with Gasteiger partial charge < -0.3 is 18.9 Å². The van der Waals surface area contributed by atoms with Crippen LogP contribution in [0.4, 0.5) is 0 Å². The average molecular weight is 198 g/mol. The highest BCUT2D eigenvalue weighted by Crippen LogP contribution is 2.62. The Morgan fingerprint density at radius 3 is 2.64 bits per heavy atom. The molecule has 1 saturated heterocycles. The lowest BCUT2D eigenvalue weighted by Gasteiger charge is -2.22. The van der Waals surface area contributed by atoms with Gasteiger partial charge in [0.2, 0.25) is 0 Å². The van der Waals surface area contributed by atoms with Gasteiger partial charge in [-0.25, -0.2) is 0 Å². The quantitative estimate of drug-likeness (QED) is 0.581. The fourth-order valence-corrected chi connectivity index (χ4v) is 2.61. The van der Waals surface area contributed by atoms with Crippen molar-refractivity contribution in [1.29, 1.82) is 0 Å². The van der Waals surface area contributed by atoms with Crippen LogP contribution >= 0.6 is 0 Å². The molecule has 1 aliphatic heterocycles. The van der Waals surface area contributed by atoms with Crippen LogP contribution in [0.15, 0.2) is 0 Å². The molecule has 1 aliphatic carbocycles. The van der Waals surface area contributed by atoms with Crippen molar-refractivity contribution in [3.8, 4) is 0 Å². The summed E-state index contributed by atoms with van der Waals surface area (Å²) in [7, 11) is 10.7. The van der Waals surface area contributed by atoms with Crippen LogP contribution in [0.5, 0.6) is 0 Å². The average Bonchev–Trinajstić information content (AvgIpc) is 2.69. The van der Waals surface area contributed by atoms with Crippen molar-refractivity contribution in [2.24, 2.45) is 0 Å². The van der Waals surface area contributed by atoms with Crippen LogP contribution in [0.25, 0.3) is 0 Å². The van der Waals surface area contributed by atoms with Crippen molar-refractivity contribution in [2.75, 3.05) is 27.9 Å². The Hall–Kier alpha value is -0.0951. The van der Waals surface area contributed by atoms with E-state index in [1.54, 1.807) is 21.3 Å². The Morgan fingerprint density at radius 2 is 2.14 bits per heavy atom. The number of fused-ring (bicyclic) bond motifs is 1. The fraction of sp³-hybridized carbons (Fsp3) is 1.00. The van der Waals surface area contributed by atoms with Gasteiger partial charge in [-0.1, -0.05) is 0 Å². The molecule has 0 aromatic rings. The molecule has 0 unspecified atom stereocenters. The SMILES string of the molecule is [B][C@H]1O[C@]2(COC)C[C@@]2(OC)[C@@H]1OC. The third kappa shape index (κ3) is 1.04. The summed E-state index contributed by atoms with van der Waals surface area (Å²) in [6.45, 7) is 0.494. The second kappa shape index (κ2) is 3.20. The monoisotopic (exact) mass is 198 g/mol. The number of rotatable bonds is 4. The molecule has 0 aromatic carbocycles. The Balaban J connectivity index is 2.19. The maximum atomic E-state index is 5.80. The third-order valence-electron chi connectivity index (χ3n) is 3.31. The molecule has 4 atom stereocenters. The minimum Gasteiger partial charge on any atom is -0.382 e. The lowest BCUT2D eigenvalue weighted by atomic mass is 9.91. The highest BCUT2D eigenvalue weighted by Gasteiger charge is 2.79. The summed E-state index contributed by atoms with van der Waals surface area (Å²) in [6.07, 6.45) is 0.582. The number of methoxy groups -OCH3 is 3. The van der Waals surface area contributed by atoms with E-state index in [0.717, 1.165) is 6.42 Å². The first-order chi connectivity index (χ1) is 6.65. The lowest BCUT2D eigenvalue weighted by Crippen LogP contribution is -2.39. The Labute approximate surface area is 85.3 Å². The van der Waals surface area contributed by atoms with Crippen molar-refractivity contribution in [1.82, 2.24) is 0 Å². The third-order valence-corrected chi connectivity index (χ3v) is 3.31. The molecule has 14 heavy (non-hydrogen) atoms. The van der Waals surface area contributed by atoms with E-state index >= 15 is 0 Å². The maximum absolute atomic E-state index is 5.80. The summed E-state index contributed by atoms with van der Waals surface area (Å²) < 4.78 is 21.6. The first kappa shape index (κ1) is 10.4. The summed E-state index contributed by atoms with van der Waals surface area (Å²) in [4.78, 5) is 0. The van der Waals surface area contributed by atoms with Crippen molar-refractivity contribution in [3.63, 3.8) is 0 Å². The van der Waals surface area contributed by atoms with Gasteiger partial charge in [0.15, 0.2) is 0 Å². The standard InChI is InChI=1S/C9H15BO4/c1-11-5-8-4-9(8,13-3)6(12-2)7(10)14-8/h6-7H,4-5H2,1-3H3/t6-,7+,8+,9-/m1/s1. The summed E-state index contributed by atoms with van der Waals surface area (Å²) >= 11 is 0. The van der Waals surface area contributed by atoms with Gasteiger partial charge in [-0.2, -0.15) is 0 Å². The van der Waals surface area contributed by atoms with Crippen LogP contribution in [0.1, 0.15) is 6.42 Å². The second-order valence-electron chi connectivity index (χ2n) is 3.94. The molecule has 2 fully saturated rings. The number of ether oxygens (including phenoxy) is 4. The van der Waals surface area contributed by atoms with Crippen molar-refractivity contribution in [3.05, 3.63) is 0 Å². The first-order valence-corrected chi connectivity index (χ1v) is 4.66. The molecular weight excluding hydrogens is 183 g/mol. The van der Waals surface area contributed by atoms with E-state index in [4.69, 9.17) is 26.8 Å². The van der Waals surface area contributed by atoms with E-state index in [-0.39, 0.29) is 6.10 Å². The first-order valence-electron chi connectivity index (χ1n) is 4.66. The zero-order valence-corrected chi connectivity index (χ0v) is 8.78. The van der Waals surface area contributed by atoms with Gasteiger partial charge in [0.25, 0.3) is 0 Å². The summed E-state index contributed by atoms with van der Waals surface area (Å²) in [6, 6.07) is -0.427. The highest BCUT2D eigenvalue weighted by molar-refractivity contribution is 6.12. The van der Waals surface area contributed by atoms with Crippen LogP contribution < -0.4 is 0 Å². The van der Waals surface area contributed by atoms with Gasteiger partial charge in [-0.05, 0) is 0 Å². The smallest absolute Gasteiger partial charge is 0.130 e. The molecule has 5 heteroatoms. The molecule has 1 heterocycles. The van der Waals surface area contributed by atoms with Crippen LogP contribution in [-0.4, -0.2) is 59.1 Å². The second-order valence-corrected chi connectivity index (χ2v) is 3.94. The van der Waals surface area contributed by atoms with E-state index in [2.05, 4.69) is 0 Å². The fourth-order valence-electron chi connectivity index (χ4n) is 2.61. The molecule has 0 aromatic heterocycles. The van der Waals surface area contributed by atoms with Gasteiger partial charge >= 0.3 is 0 Å².